The predicted octanol–water partition coefficient (Wildman–Crippen LogP) is 6.29. The van der Waals surface area contributed by atoms with Crippen LogP contribution in [-0.4, -0.2) is 14.2 Å². The summed E-state index contributed by atoms with van der Waals surface area (Å²) in [4.78, 5) is 0. The summed E-state index contributed by atoms with van der Waals surface area (Å²) in [5.41, 5.74) is 7.89. The molecule has 0 radical (unpaired) electrons. The van der Waals surface area contributed by atoms with Crippen molar-refractivity contribution in [3.05, 3.63) is 83.9 Å². The minimum Gasteiger partial charge on any atom is -0.497 e. The van der Waals surface area contributed by atoms with Crippen LogP contribution in [0.3, 0.4) is 0 Å². The molecule has 5 rings (SSSR count). The van der Waals surface area contributed by atoms with Gasteiger partial charge in [0.1, 0.15) is 11.5 Å². The molecule has 0 saturated heterocycles. The molecule has 2 nitrogen and oxygen atoms in total. The van der Waals surface area contributed by atoms with Crippen LogP contribution in [0.5, 0.6) is 11.5 Å². The SMILES string of the molecule is COc1ccc(-c2ccc3c4c(ccc(-c5ccc(OC)cc5)c24)CC3)cc1. The average molecular weight is 366 g/mol. The van der Waals surface area contributed by atoms with Crippen LogP contribution in [0.2, 0.25) is 0 Å². The number of hydrogen-bond donors (Lipinski definition) is 0. The molecule has 0 aliphatic heterocycles. The summed E-state index contributed by atoms with van der Waals surface area (Å²) in [5, 5.41) is 2.78. The molecule has 0 saturated carbocycles. The van der Waals surface area contributed by atoms with Crippen molar-refractivity contribution in [2.24, 2.45) is 0 Å². The van der Waals surface area contributed by atoms with Gasteiger partial charge in [0.2, 0.25) is 0 Å². The Kier molecular flexibility index (Phi) is 4.05. The Morgan fingerprint density at radius 1 is 0.500 bits per heavy atom. The van der Waals surface area contributed by atoms with Crippen molar-refractivity contribution in [1.82, 2.24) is 0 Å². The van der Waals surface area contributed by atoms with Crippen LogP contribution in [0.1, 0.15) is 11.1 Å². The summed E-state index contributed by atoms with van der Waals surface area (Å²) in [5.74, 6) is 1.76. The first kappa shape index (κ1) is 16.9. The van der Waals surface area contributed by atoms with Gasteiger partial charge in [-0.15, -0.1) is 0 Å². The Balaban J connectivity index is 1.79. The van der Waals surface area contributed by atoms with Gasteiger partial charge in [-0.1, -0.05) is 48.5 Å². The predicted molar refractivity (Wildman–Crippen MR) is 115 cm³/mol. The van der Waals surface area contributed by atoms with Gasteiger partial charge in [0.15, 0.2) is 0 Å². The van der Waals surface area contributed by atoms with Gasteiger partial charge in [-0.3, -0.25) is 0 Å². The van der Waals surface area contributed by atoms with E-state index in [0.717, 1.165) is 24.3 Å². The highest BCUT2D eigenvalue weighted by Crippen LogP contribution is 2.43. The monoisotopic (exact) mass is 366 g/mol. The van der Waals surface area contributed by atoms with Crippen molar-refractivity contribution in [3.63, 3.8) is 0 Å². The van der Waals surface area contributed by atoms with Crippen LogP contribution in [0.15, 0.2) is 72.8 Å². The lowest BCUT2D eigenvalue weighted by Gasteiger charge is -2.15. The van der Waals surface area contributed by atoms with Crippen molar-refractivity contribution in [1.29, 1.82) is 0 Å². The lowest BCUT2D eigenvalue weighted by Crippen LogP contribution is -1.90. The first-order valence-corrected chi connectivity index (χ1v) is 9.65. The first-order chi connectivity index (χ1) is 13.8. The maximum Gasteiger partial charge on any atom is 0.118 e. The van der Waals surface area contributed by atoms with Gasteiger partial charge in [-0.2, -0.15) is 0 Å². The van der Waals surface area contributed by atoms with Crippen molar-refractivity contribution in [2.45, 2.75) is 12.8 Å². The third kappa shape index (κ3) is 2.65. The quantitative estimate of drug-likeness (QED) is 0.422. The second-order valence-electron chi connectivity index (χ2n) is 7.25. The van der Waals surface area contributed by atoms with Crippen molar-refractivity contribution < 1.29 is 9.47 Å². The maximum atomic E-state index is 5.34. The normalized spacial score (nSPS) is 12.4. The second-order valence-corrected chi connectivity index (χ2v) is 7.25. The molecule has 138 valence electrons. The van der Waals surface area contributed by atoms with Gasteiger partial charge in [-0.25, -0.2) is 0 Å². The van der Waals surface area contributed by atoms with Gasteiger partial charge >= 0.3 is 0 Å². The van der Waals surface area contributed by atoms with E-state index in [1.165, 1.54) is 44.2 Å². The number of methoxy groups -OCH3 is 2. The first-order valence-electron chi connectivity index (χ1n) is 9.65. The molecule has 0 atom stereocenters. The summed E-state index contributed by atoms with van der Waals surface area (Å²) in [6, 6.07) is 25.9. The van der Waals surface area contributed by atoms with E-state index in [9.17, 15) is 0 Å². The van der Waals surface area contributed by atoms with E-state index >= 15 is 0 Å². The summed E-state index contributed by atoms with van der Waals surface area (Å²) < 4.78 is 10.7. The summed E-state index contributed by atoms with van der Waals surface area (Å²) in [6.45, 7) is 0. The van der Waals surface area contributed by atoms with Crippen LogP contribution < -0.4 is 9.47 Å². The molecule has 0 N–H and O–H groups in total. The van der Waals surface area contributed by atoms with Gasteiger partial charge in [0, 0.05) is 0 Å². The third-order valence-electron chi connectivity index (χ3n) is 5.80. The molecule has 0 amide bonds. The van der Waals surface area contributed by atoms with E-state index in [-0.39, 0.29) is 0 Å². The van der Waals surface area contributed by atoms with Crippen molar-refractivity contribution in [2.75, 3.05) is 14.2 Å². The Labute approximate surface area is 165 Å². The van der Waals surface area contributed by atoms with E-state index in [0.29, 0.717) is 0 Å². The fraction of sp³-hybridized carbons (Fsp3) is 0.154. The summed E-state index contributed by atoms with van der Waals surface area (Å²) in [7, 11) is 3.41. The van der Waals surface area contributed by atoms with Crippen LogP contribution in [-0.2, 0) is 12.8 Å². The number of aryl methyl sites for hydroxylation is 2. The highest BCUT2D eigenvalue weighted by atomic mass is 16.5. The van der Waals surface area contributed by atoms with Crippen LogP contribution in [0.25, 0.3) is 33.0 Å². The summed E-state index contributed by atoms with van der Waals surface area (Å²) >= 11 is 0. The second kappa shape index (κ2) is 6.72. The van der Waals surface area contributed by atoms with E-state index in [1.807, 2.05) is 24.3 Å². The molecule has 0 heterocycles. The molecule has 0 fully saturated rings. The van der Waals surface area contributed by atoms with E-state index in [2.05, 4.69) is 48.5 Å². The molecule has 1 aliphatic rings. The van der Waals surface area contributed by atoms with Gasteiger partial charge < -0.3 is 9.47 Å². The van der Waals surface area contributed by atoms with E-state index in [4.69, 9.17) is 9.47 Å². The van der Waals surface area contributed by atoms with Gasteiger partial charge in [-0.05, 0) is 81.3 Å². The molecule has 0 aromatic heterocycles. The smallest absolute Gasteiger partial charge is 0.118 e. The van der Waals surface area contributed by atoms with Crippen molar-refractivity contribution in [3.8, 4) is 33.8 Å². The highest BCUT2D eigenvalue weighted by Gasteiger charge is 2.20. The fourth-order valence-electron chi connectivity index (χ4n) is 4.35. The molecule has 2 heteroatoms. The zero-order valence-electron chi connectivity index (χ0n) is 16.2. The molecule has 4 aromatic rings. The molecule has 28 heavy (non-hydrogen) atoms. The Morgan fingerprint density at radius 3 is 1.32 bits per heavy atom. The van der Waals surface area contributed by atoms with E-state index in [1.54, 1.807) is 14.2 Å². The molecule has 1 aliphatic carbocycles. The van der Waals surface area contributed by atoms with Gasteiger partial charge in [0.05, 0.1) is 14.2 Å². The molecule has 0 spiro atoms. The lowest BCUT2D eigenvalue weighted by molar-refractivity contribution is 0.415. The number of rotatable bonds is 4. The number of benzene rings is 4. The zero-order valence-corrected chi connectivity index (χ0v) is 16.2. The molecular formula is C26H22O2. The van der Waals surface area contributed by atoms with Crippen LogP contribution in [0, 0.1) is 0 Å². The molecular weight excluding hydrogens is 344 g/mol. The fourth-order valence-corrected chi connectivity index (χ4v) is 4.35. The molecule has 0 unspecified atom stereocenters. The topological polar surface area (TPSA) is 18.5 Å². The van der Waals surface area contributed by atoms with Crippen molar-refractivity contribution >= 4 is 10.8 Å². The number of hydrogen-bond acceptors (Lipinski definition) is 2. The Morgan fingerprint density at radius 2 is 0.929 bits per heavy atom. The third-order valence-corrected chi connectivity index (χ3v) is 5.80. The minimum atomic E-state index is 0.880. The standard InChI is InChI=1S/C26H22O2/c1-27-21-11-5-17(6-12-21)23-15-9-19-3-4-20-10-16-24(26(23)25(19)20)18-7-13-22(28-2)14-8-18/h5-16H,3-4H2,1-2H3. The van der Waals surface area contributed by atoms with E-state index < -0.39 is 0 Å². The molecule has 0 bridgehead atoms. The van der Waals surface area contributed by atoms with Crippen LogP contribution in [0.4, 0.5) is 0 Å². The number of ether oxygens (including phenoxy) is 2. The highest BCUT2D eigenvalue weighted by molar-refractivity contribution is 6.09. The maximum absolute atomic E-state index is 5.34. The summed E-state index contributed by atoms with van der Waals surface area (Å²) in [6.07, 6.45) is 2.25. The largest absolute Gasteiger partial charge is 0.497 e. The zero-order chi connectivity index (χ0) is 19.1. The Bertz CT molecular complexity index is 1070. The lowest BCUT2D eigenvalue weighted by atomic mass is 9.89. The van der Waals surface area contributed by atoms with Gasteiger partial charge in [0.25, 0.3) is 0 Å². The Hall–Kier alpha value is -3.26. The average Bonchev–Trinajstić information content (AvgIpc) is 3.19. The minimum absolute atomic E-state index is 0.880. The van der Waals surface area contributed by atoms with Crippen LogP contribution >= 0.6 is 0 Å². The molecule has 4 aromatic carbocycles.